The quantitative estimate of drug-likeness (QED) is 0.722. The first-order valence-corrected chi connectivity index (χ1v) is 5.23. The summed E-state index contributed by atoms with van der Waals surface area (Å²) in [5, 5.41) is 9.77. The van der Waals surface area contributed by atoms with E-state index in [1.54, 1.807) is 0 Å². The van der Waals surface area contributed by atoms with Crippen LogP contribution in [0.25, 0.3) is 0 Å². The number of aliphatic hydroxyl groups is 1. The Morgan fingerprint density at radius 2 is 1.90 bits per heavy atom. The van der Waals surface area contributed by atoms with E-state index in [0.29, 0.717) is 6.61 Å². The molecule has 1 rings (SSSR count). The van der Waals surface area contributed by atoms with E-state index in [4.69, 9.17) is 5.11 Å². The van der Waals surface area contributed by atoms with Gasteiger partial charge in [0.1, 0.15) is 0 Å². The number of nitrogens with zero attached hydrogens (tertiary/aromatic N) is 1. The molecule has 1 saturated heterocycles. The Kier molecular flexibility index (Phi) is 7.21. The minimum Gasteiger partial charge on any atom is -0.395 e. The Morgan fingerprint density at radius 3 is 2.40 bits per heavy atom. The first-order chi connectivity index (χ1) is 4.43. The van der Waals surface area contributed by atoms with Crippen molar-refractivity contribution < 1.29 is 5.11 Å². The van der Waals surface area contributed by atoms with E-state index >= 15 is 0 Å². The lowest BCUT2D eigenvalue weighted by molar-refractivity contribution is 0.233. The topological polar surface area (TPSA) is 23.5 Å². The highest BCUT2D eigenvalue weighted by Crippen LogP contribution is 2.20. The minimum atomic E-state index is 0. The van der Waals surface area contributed by atoms with Crippen LogP contribution in [0.4, 0.5) is 0 Å². The van der Waals surface area contributed by atoms with E-state index in [-0.39, 0.29) is 12.4 Å². The zero-order valence-corrected chi connectivity index (χ0v) is 8.10. The van der Waals surface area contributed by atoms with Crippen molar-refractivity contribution in [1.82, 2.24) is 4.90 Å². The van der Waals surface area contributed by atoms with Gasteiger partial charge in [0.2, 0.25) is 0 Å². The number of hydrogen-bond donors (Lipinski definition) is 1. The highest BCUT2D eigenvalue weighted by atomic mass is 35.5. The molecule has 2 nitrogen and oxygen atoms in total. The fourth-order valence-electron chi connectivity index (χ4n) is 0.699. The summed E-state index contributed by atoms with van der Waals surface area (Å²) in [5.41, 5.74) is 0. The zero-order valence-electron chi connectivity index (χ0n) is 5.65. The summed E-state index contributed by atoms with van der Waals surface area (Å²) in [7, 11) is 0. The molecule has 0 amide bonds. The third kappa shape index (κ3) is 3.93. The molecule has 0 aromatic rings. The minimum absolute atomic E-state index is 0. The number of rotatable bonds is 2. The van der Waals surface area contributed by atoms with Crippen LogP contribution in [0.3, 0.4) is 0 Å². The van der Waals surface area contributed by atoms with Crippen molar-refractivity contribution in [2.45, 2.75) is 0 Å². The van der Waals surface area contributed by atoms with Gasteiger partial charge < -0.3 is 5.11 Å². The van der Waals surface area contributed by atoms with Crippen molar-refractivity contribution >= 4 is 35.9 Å². The van der Waals surface area contributed by atoms with Crippen molar-refractivity contribution in [3.05, 3.63) is 0 Å². The maximum Gasteiger partial charge on any atom is 0.0559 e. The van der Waals surface area contributed by atoms with Crippen LogP contribution in [0.15, 0.2) is 0 Å². The van der Waals surface area contributed by atoms with Crippen molar-refractivity contribution in [2.75, 3.05) is 30.0 Å². The molecule has 0 aromatic carbocycles. The van der Waals surface area contributed by atoms with Gasteiger partial charge in [-0.05, 0) is 0 Å². The summed E-state index contributed by atoms with van der Waals surface area (Å²) in [6.07, 6.45) is 0. The molecule has 1 aliphatic heterocycles. The summed E-state index contributed by atoms with van der Waals surface area (Å²) in [4.78, 5) is 2.25. The highest BCUT2D eigenvalue weighted by molar-refractivity contribution is 8.16. The second kappa shape index (κ2) is 6.61. The Morgan fingerprint density at radius 1 is 1.30 bits per heavy atom. The summed E-state index contributed by atoms with van der Waals surface area (Å²) < 4.78 is 0. The fraction of sp³-hybridized carbons (Fsp3) is 1.00. The number of β-amino-alcohol motifs (C(OH)–C–C–N with tert-alkyl or cyclic N) is 1. The number of hydrogen-bond acceptors (Lipinski definition) is 4. The molecule has 1 N–H and O–H groups in total. The molecule has 5 heteroatoms. The Balaban J connectivity index is 0.000000810. The average Bonchev–Trinajstić information content (AvgIpc) is 1.91. The van der Waals surface area contributed by atoms with Crippen LogP contribution < -0.4 is 0 Å². The number of aliphatic hydroxyl groups excluding tert-OH is 1. The number of halogens is 1. The van der Waals surface area contributed by atoms with Crippen molar-refractivity contribution in [3.63, 3.8) is 0 Å². The predicted octanol–water partition coefficient (Wildman–Crippen LogP) is 1.06. The van der Waals surface area contributed by atoms with Crippen LogP contribution >= 0.6 is 35.9 Å². The molecule has 10 heavy (non-hydrogen) atoms. The molecule has 0 radical (unpaired) electrons. The molecule has 0 aliphatic carbocycles. The Hall–Kier alpha value is 0.910. The first-order valence-electron chi connectivity index (χ1n) is 2.92. The average molecular weight is 202 g/mol. The Labute approximate surface area is 76.1 Å². The van der Waals surface area contributed by atoms with Gasteiger partial charge in [-0.2, -0.15) is 0 Å². The van der Waals surface area contributed by atoms with Gasteiger partial charge in [-0.25, -0.2) is 0 Å². The highest BCUT2D eigenvalue weighted by Gasteiger charge is 2.08. The van der Waals surface area contributed by atoms with E-state index in [1.807, 2.05) is 23.5 Å². The predicted molar refractivity (Wildman–Crippen MR) is 50.8 cm³/mol. The molecule has 0 bridgehead atoms. The SMILES string of the molecule is Cl.OCCN1CSCSC1. The summed E-state index contributed by atoms with van der Waals surface area (Å²) in [6, 6.07) is 0. The van der Waals surface area contributed by atoms with Crippen LogP contribution in [0.1, 0.15) is 0 Å². The normalized spacial score (nSPS) is 20.1. The first kappa shape index (κ1) is 10.9. The second-order valence-electron chi connectivity index (χ2n) is 1.90. The van der Waals surface area contributed by atoms with Crippen LogP contribution in [0.5, 0.6) is 0 Å². The fourth-order valence-corrected chi connectivity index (χ4v) is 2.84. The largest absolute Gasteiger partial charge is 0.395 e. The molecule has 1 aliphatic rings. The van der Waals surface area contributed by atoms with E-state index in [9.17, 15) is 0 Å². The zero-order chi connectivity index (χ0) is 6.53. The van der Waals surface area contributed by atoms with Gasteiger partial charge in [-0.15, -0.1) is 35.9 Å². The summed E-state index contributed by atoms with van der Waals surface area (Å²) in [6.45, 7) is 1.13. The van der Waals surface area contributed by atoms with Crippen LogP contribution in [-0.4, -0.2) is 40.0 Å². The second-order valence-corrected chi connectivity index (χ2v) is 4.18. The van der Waals surface area contributed by atoms with Gasteiger partial charge >= 0.3 is 0 Å². The third-order valence-corrected chi connectivity index (χ3v) is 3.56. The van der Waals surface area contributed by atoms with E-state index in [2.05, 4.69) is 4.90 Å². The lowest BCUT2D eigenvalue weighted by Crippen LogP contribution is -2.28. The van der Waals surface area contributed by atoms with E-state index < -0.39 is 0 Å². The molecular formula is C5H12ClNOS2. The molecule has 0 aromatic heterocycles. The van der Waals surface area contributed by atoms with Gasteiger partial charge in [-0.1, -0.05) is 0 Å². The van der Waals surface area contributed by atoms with Gasteiger partial charge in [0.15, 0.2) is 0 Å². The van der Waals surface area contributed by atoms with E-state index in [0.717, 1.165) is 18.3 Å². The standard InChI is InChI=1S/C5H11NOS2.ClH/c7-2-1-6-3-8-5-9-4-6;/h7H,1-5H2;1H. The molecule has 1 fully saturated rings. The molecular weight excluding hydrogens is 190 g/mol. The molecule has 0 saturated carbocycles. The lowest BCUT2D eigenvalue weighted by atomic mass is 10.6. The molecule has 0 atom stereocenters. The van der Waals surface area contributed by atoms with Gasteiger partial charge in [0.05, 0.1) is 6.61 Å². The van der Waals surface area contributed by atoms with E-state index in [1.165, 1.54) is 5.08 Å². The van der Waals surface area contributed by atoms with Gasteiger partial charge in [-0.3, -0.25) is 4.90 Å². The van der Waals surface area contributed by atoms with Crippen molar-refractivity contribution in [2.24, 2.45) is 0 Å². The maximum absolute atomic E-state index is 8.56. The smallest absolute Gasteiger partial charge is 0.0559 e. The van der Waals surface area contributed by atoms with Gasteiger partial charge in [0, 0.05) is 23.4 Å². The monoisotopic (exact) mass is 201 g/mol. The van der Waals surface area contributed by atoms with Crippen LogP contribution in [-0.2, 0) is 0 Å². The maximum atomic E-state index is 8.56. The molecule has 62 valence electrons. The van der Waals surface area contributed by atoms with Crippen LogP contribution in [0, 0.1) is 0 Å². The summed E-state index contributed by atoms with van der Waals surface area (Å²) >= 11 is 3.84. The summed E-state index contributed by atoms with van der Waals surface area (Å²) in [5.74, 6) is 2.18. The third-order valence-electron chi connectivity index (χ3n) is 1.13. The molecule has 0 unspecified atom stereocenters. The van der Waals surface area contributed by atoms with Gasteiger partial charge in [0.25, 0.3) is 0 Å². The molecule has 0 spiro atoms. The Bertz CT molecular complexity index is 77.3. The van der Waals surface area contributed by atoms with Crippen molar-refractivity contribution in [3.8, 4) is 0 Å². The number of thioether (sulfide) groups is 2. The van der Waals surface area contributed by atoms with Crippen LogP contribution in [0.2, 0.25) is 0 Å². The molecule has 1 heterocycles. The van der Waals surface area contributed by atoms with Crippen molar-refractivity contribution in [1.29, 1.82) is 0 Å². The lowest BCUT2D eigenvalue weighted by Gasteiger charge is -2.24.